The van der Waals surface area contributed by atoms with Crippen molar-refractivity contribution in [3.8, 4) is 6.07 Å². The Hall–Kier alpha value is -1.24. The second-order valence-corrected chi connectivity index (χ2v) is 5.12. The molecule has 1 aromatic carbocycles. The highest BCUT2D eigenvalue weighted by Gasteiger charge is 2.12. The number of benzene rings is 1. The first-order valence-electron chi connectivity index (χ1n) is 6.09. The van der Waals surface area contributed by atoms with Gasteiger partial charge < -0.3 is 10.0 Å². The zero-order valence-electron chi connectivity index (χ0n) is 10.9. The van der Waals surface area contributed by atoms with Crippen molar-refractivity contribution in [1.29, 1.82) is 5.26 Å². The van der Waals surface area contributed by atoms with Crippen LogP contribution in [-0.4, -0.2) is 18.2 Å². The summed E-state index contributed by atoms with van der Waals surface area (Å²) < 4.78 is 0. The quantitative estimate of drug-likeness (QED) is 0.860. The maximum Gasteiger partial charge on any atom is 0.0702 e. The lowest BCUT2D eigenvalue weighted by Gasteiger charge is -2.27. The van der Waals surface area contributed by atoms with E-state index in [2.05, 4.69) is 24.8 Å². The number of aliphatic hydroxyl groups is 1. The minimum absolute atomic E-state index is 0.0446. The molecule has 1 rings (SSSR count). The zero-order valence-corrected chi connectivity index (χ0v) is 11.6. The van der Waals surface area contributed by atoms with Crippen LogP contribution in [0.3, 0.4) is 0 Å². The van der Waals surface area contributed by atoms with Crippen LogP contribution >= 0.6 is 11.6 Å². The molecule has 0 bridgehead atoms. The van der Waals surface area contributed by atoms with Gasteiger partial charge in [0.2, 0.25) is 0 Å². The fourth-order valence-electron chi connectivity index (χ4n) is 1.93. The maximum absolute atomic E-state index is 9.40. The Morgan fingerprint density at radius 2 is 2.17 bits per heavy atom. The summed E-state index contributed by atoms with van der Waals surface area (Å²) in [5.41, 5.74) is 1.77. The number of nitrogens with zero attached hydrogens (tertiary/aromatic N) is 2. The van der Waals surface area contributed by atoms with Gasteiger partial charge in [-0.2, -0.15) is 5.26 Å². The van der Waals surface area contributed by atoms with E-state index >= 15 is 0 Å². The summed E-state index contributed by atoms with van der Waals surface area (Å²) in [4.78, 5) is 2.13. The van der Waals surface area contributed by atoms with Gasteiger partial charge in [-0.15, -0.1) is 0 Å². The zero-order chi connectivity index (χ0) is 13.5. The Balaban J connectivity index is 2.99. The van der Waals surface area contributed by atoms with Crippen molar-refractivity contribution >= 4 is 17.3 Å². The van der Waals surface area contributed by atoms with Gasteiger partial charge in [0, 0.05) is 29.4 Å². The molecule has 0 aliphatic rings. The summed E-state index contributed by atoms with van der Waals surface area (Å²) in [7, 11) is 0. The SMILES string of the molecule is CC(C)CN(CCC#N)c1ccc(Cl)cc1CO. The minimum atomic E-state index is -0.0446. The predicted octanol–water partition coefficient (Wildman–Crippen LogP) is 3.21. The van der Waals surface area contributed by atoms with Crippen LogP contribution in [0, 0.1) is 17.2 Å². The molecule has 0 amide bonds. The van der Waals surface area contributed by atoms with Crippen molar-refractivity contribution in [2.45, 2.75) is 26.9 Å². The van der Waals surface area contributed by atoms with Gasteiger partial charge in [-0.1, -0.05) is 25.4 Å². The second-order valence-electron chi connectivity index (χ2n) is 4.68. The molecule has 18 heavy (non-hydrogen) atoms. The number of nitriles is 1. The van der Waals surface area contributed by atoms with Crippen molar-refractivity contribution in [3.63, 3.8) is 0 Å². The molecule has 0 fully saturated rings. The molecule has 0 saturated carbocycles. The Morgan fingerprint density at radius 1 is 1.44 bits per heavy atom. The van der Waals surface area contributed by atoms with Crippen molar-refractivity contribution in [2.24, 2.45) is 5.92 Å². The lowest BCUT2D eigenvalue weighted by atomic mass is 10.1. The fraction of sp³-hybridized carbons (Fsp3) is 0.500. The molecule has 1 aromatic rings. The Kier molecular flexibility index (Phi) is 5.97. The normalized spacial score (nSPS) is 10.4. The lowest BCUT2D eigenvalue weighted by molar-refractivity contribution is 0.282. The summed E-state index contributed by atoms with van der Waals surface area (Å²) in [6.07, 6.45) is 0.472. The fourth-order valence-corrected chi connectivity index (χ4v) is 2.12. The van der Waals surface area contributed by atoms with Gasteiger partial charge in [-0.05, 0) is 24.1 Å². The highest BCUT2D eigenvalue weighted by Crippen LogP contribution is 2.25. The van der Waals surface area contributed by atoms with Crippen molar-refractivity contribution in [3.05, 3.63) is 28.8 Å². The lowest BCUT2D eigenvalue weighted by Crippen LogP contribution is -2.29. The molecule has 0 atom stereocenters. The molecule has 0 unspecified atom stereocenters. The predicted molar refractivity (Wildman–Crippen MR) is 74.7 cm³/mol. The van der Waals surface area contributed by atoms with Crippen LogP contribution in [-0.2, 0) is 6.61 Å². The van der Waals surface area contributed by atoms with E-state index in [1.54, 1.807) is 6.07 Å². The Morgan fingerprint density at radius 3 is 2.72 bits per heavy atom. The maximum atomic E-state index is 9.40. The largest absolute Gasteiger partial charge is 0.392 e. The molecule has 4 heteroatoms. The van der Waals surface area contributed by atoms with Gasteiger partial charge in [0.05, 0.1) is 19.1 Å². The van der Waals surface area contributed by atoms with Gasteiger partial charge >= 0.3 is 0 Å². The number of rotatable bonds is 6. The number of hydrogen-bond acceptors (Lipinski definition) is 3. The van der Waals surface area contributed by atoms with Crippen molar-refractivity contribution in [2.75, 3.05) is 18.0 Å². The first-order valence-corrected chi connectivity index (χ1v) is 6.47. The topological polar surface area (TPSA) is 47.3 Å². The molecule has 0 aliphatic heterocycles. The van der Waals surface area contributed by atoms with E-state index in [1.165, 1.54) is 0 Å². The van der Waals surface area contributed by atoms with Crippen LogP contribution in [0.1, 0.15) is 25.8 Å². The van der Waals surface area contributed by atoms with Gasteiger partial charge in [0.15, 0.2) is 0 Å². The minimum Gasteiger partial charge on any atom is -0.392 e. The molecule has 0 spiro atoms. The molecular formula is C14H19ClN2O. The van der Waals surface area contributed by atoms with E-state index in [9.17, 15) is 5.11 Å². The first kappa shape index (κ1) is 14.8. The molecule has 0 saturated heterocycles. The molecule has 0 radical (unpaired) electrons. The van der Waals surface area contributed by atoms with Crippen LogP contribution < -0.4 is 4.90 Å². The molecule has 0 aromatic heterocycles. The average Bonchev–Trinajstić information content (AvgIpc) is 2.34. The Labute approximate surface area is 114 Å². The van der Waals surface area contributed by atoms with E-state index in [-0.39, 0.29) is 6.61 Å². The van der Waals surface area contributed by atoms with Gasteiger partial charge in [0.1, 0.15) is 0 Å². The average molecular weight is 267 g/mol. The summed E-state index contributed by atoms with van der Waals surface area (Å²) in [6, 6.07) is 7.66. The first-order chi connectivity index (χ1) is 8.58. The number of hydrogen-bond donors (Lipinski definition) is 1. The van der Waals surface area contributed by atoms with Crippen LogP contribution in [0.25, 0.3) is 0 Å². The number of anilines is 1. The molecular weight excluding hydrogens is 248 g/mol. The van der Waals surface area contributed by atoms with E-state index < -0.39 is 0 Å². The third kappa shape index (κ3) is 4.21. The molecule has 1 N–H and O–H groups in total. The number of aliphatic hydroxyl groups excluding tert-OH is 1. The summed E-state index contributed by atoms with van der Waals surface area (Å²) in [5, 5.41) is 18.7. The van der Waals surface area contributed by atoms with Gasteiger partial charge in [-0.25, -0.2) is 0 Å². The Bertz CT molecular complexity index is 426. The van der Waals surface area contributed by atoms with E-state index in [4.69, 9.17) is 16.9 Å². The van der Waals surface area contributed by atoms with Crippen LogP contribution in [0.5, 0.6) is 0 Å². The standard InChI is InChI=1S/C14H19ClN2O/c1-11(2)9-17(7-3-6-16)14-5-4-13(15)8-12(14)10-18/h4-5,8,11,18H,3,7,9-10H2,1-2H3. The summed E-state index contributed by atoms with van der Waals surface area (Å²) in [5.74, 6) is 0.492. The van der Waals surface area contributed by atoms with Crippen molar-refractivity contribution < 1.29 is 5.11 Å². The molecule has 0 heterocycles. The van der Waals surface area contributed by atoms with Gasteiger partial charge in [0.25, 0.3) is 0 Å². The van der Waals surface area contributed by atoms with E-state index in [0.717, 1.165) is 17.8 Å². The smallest absolute Gasteiger partial charge is 0.0702 e. The molecule has 0 aliphatic carbocycles. The third-order valence-corrected chi connectivity index (χ3v) is 2.87. The third-order valence-electron chi connectivity index (χ3n) is 2.63. The molecule has 3 nitrogen and oxygen atoms in total. The van der Waals surface area contributed by atoms with Crippen LogP contribution in [0.4, 0.5) is 5.69 Å². The summed E-state index contributed by atoms with van der Waals surface area (Å²) >= 11 is 5.93. The highest BCUT2D eigenvalue weighted by atomic mass is 35.5. The van der Waals surface area contributed by atoms with E-state index in [1.807, 2.05) is 12.1 Å². The second kappa shape index (κ2) is 7.25. The van der Waals surface area contributed by atoms with Crippen LogP contribution in [0.15, 0.2) is 18.2 Å². The van der Waals surface area contributed by atoms with E-state index in [0.29, 0.717) is 23.9 Å². The molecule has 98 valence electrons. The van der Waals surface area contributed by atoms with Crippen molar-refractivity contribution in [1.82, 2.24) is 0 Å². The highest BCUT2D eigenvalue weighted by molar-refractivity contribution is 6.30. The van der Waals surface area contributed by atoms with Crippen LogP contribution in [0.2, 0.25) is 5.02 Å². The monoisotopic (exact) mass is 266 g/mol. The summed E-state index contributed by atoms with van der Waals surface area (Å²) in [6.45, 7) is 5.75. The number of halogens is 1. The van der Waals surface area contributed by atoms with Gasteiger partial charge in [-0.3, -0.25) is 0 Å².